The Morgan fingerprint density at radius 2 is 1.82 bits per heavy atom. The summed E-state index contributed by atoms with van der Waals surface area (Å²) in [5.41, 5.74) is 0.769. The lowest BCUT2D eigenvalue weighted by molar-refractivity contribution is 0.0584. The molecule has 2 fully saturated rings. The minimum atomic E-state index is 0. The summed E-state index contributed by atoms with van der Waals surface area (Å²) in [6.45, 7) is 7.28. The zero-order valence-corrected chi connectivity index (χ0v) is 18.2. The predicted molar refractivity (Wildman–Crippen MR) is 118 cm³/mol. The van der Waals surface area contributed by atoms with Crippen LogP contribution in [0.1, 0.15) is 75.1 Å². The molecule has 3 rings (SSSR count). The molecule has 0 radical (unpaired) electrons. The molecule has 4 nitrogen and oxygen atoms in total. The largest absolute Gasteiger partial charge is 0.494 e. The van der Waals surface area contributed by atoms with Gasteiger partial charge in [0.25, 0.3) is 5.91 Å². The van der Waals surface area contributed by atoms with Crippen molar-refractivity contribution in [3.8, 4) is 5.75 Å². The normalized spacial score (nSPS) is 20.9. The average molecular weight is 409 g/mol. The molecule has 2 saturated heterocycles. The fraction of sp³-hybridized carbons (Fsp3) is 0.696. The van der Waals surface area contributed by atoms with Crippen LogP contribution in [-0.2, 0) is 0 Å². The zero-order chi connectivity index (χ0) is 18.9. The Morgan fingerprint density at radius 1 is 1.07 bits per heavy atom. The highest BCUT2D eigenvalue weighted by Gasteiger charge is 2.28. The van der Waals surface area contributed by atoms with E-state index in [0.717, 1.165) is 50.1 Å². The van der Waals surface area contributed by atoms with Crippen molar-refractivity contribution < 1.29 is 9.53 Å². The molecule has 28 heavy (non-hydrogen) atoms. The van der Waals surface area contributed by atoms with Crippen LogP contribution >= 0.6 is 12.4 Å². The maximum Gasteiger partial charge on any atom is 0.254 e. The van der Waals surface area contributed by atoms with Gasteiger partial charge in [-0.3, -0.25) is 4.79 Å². The molecular weight excluding hydrogens is 372 g/mol. The van der Waals surface area contributed by atoms with Gasteiger partial charge >= 0.3 is 0 Å². The van der Waals surface area contributed by atoms with Crippen LogP contribution in [0, 0.1) is 0 Å². The van der Waals surface area contributed by atoms with Gasteiger partial charge in [0.05, 0.1) is 6.61 Å². The number of carbonyl (C=O) groups is 1. The van der Waals surface area contributed by atoms with Gasteiger partial charge in [-0.25, -0.2) is 0 Å². The van der Waals surface area contributed by atoms with Gasteiger partial charge in [-0.15, -0.1) is 12.4 Å². The molecule has 2 heterocycles. The highest BCUT2D eigenvalue weighted by molar-refractivity contribution is 5.94. The molecule has 2 aliphatic rings. The maximum atomic E-state index is 13.2. The number of hydrogen-bond acceptors (Lipinski definition) is 3. The van der Waals surface area contributed by atoms with Crippen LogP contribution in [0.25, 0.3) is 0 Å². The van der Waals surface area contributed by atoms with Crippen molar-refractivity contribution in [1.29, 1.82) is 0 Å². The lowest BCUT2D eigenvalue weighted by Gasteiger charge is -2.37. The monoisotopic (exact) mass is 408 g/mol. The zero-order valence-electron chi connectivity index (χ0n) is 17.4. The quantitative estimate of drug-likeness (QED) is 0.624. The van der Waals surface area contributed by atoms with Crippen LogP contribution in [0.4, 0.5) is 0 Å². The first-order valence-electron chi connectivity index (χ1n) is 11.0. The third-order valence-corrected chi connectivity index (χ3v) is 5.92. The molecule has 1 aromatic carbocycles. The molecule has 2 aliphatic heterocycles. The van der Waals surface area contributed by atoms with Gasteiger partial charge in [0.2, 0.25) is 0 Å². The van der Waals surface area contributed by atoms with E-state index in [0.29, 0.717) is 12.6 Å². The fourth-order valence-electron chi connectivity index (χ4n) is 4.36. The summed E-state index contributed by atoms with van der Waals surface area (Å²) in [6, 6.07) is 8.11. The molecule has 0 spiro atoms. The van der Waals surface area contributed by atoms with Crippen molar-refractivity contribution in [2.24, 2.45) is 0 Å². The third kappa shape index (κ3) is 6.66. The van der Waals surface area contributed by atoms with Gasteiger partial charge in [-0.2, -0.15) is 0 Å². The van der Waals surface area contributed by atoms with Crippen LogP contribution in [0.15, 0.2) is 24.3 Å². The Morgan fingerprint density at radius 3 is 2.57 bits per heavy atom. The van der Waals surface area contributed by atoms with Crippen molar-refractivity contribution >= 4 is 18.3 Å². The van der Waals surface area contributed by atoms with E-state index in [2.05, 4.69) is 16.7 Å². The Hall–Kier alpha value is -1.26. The molecule has 158 valence electrons. The second-order valence-corrected chi connectivity index (χ2v) is 8.07. The summed E-state index contributed by atoms with van der Waals surface area (Å²) >= 11 is 0. The fourth-order valence-corrected chi connectivity index (χ4v) is 4.36. The Bertz CT molecular complexity index is 588. The number of halogens is 1. The first kappa shape index (κ1) is 23.0. The third-order valence-electron chi connectivity index (χ3n) is 5.92. The number of piperidine rings is 1. The smallest absolute Gasteiger partial charge is 0.254 e. The average Bonchev–Trinajstić information content (AvgIpc) is 2.99. The lowest BCUT2D eigenvalue weighted by Crippen LogP contribution is -2.45. The SMILES string of the molecule is CCCOc1cccc(C(=O)N2CCCCC2CCN2CCCCCC2)c1.Cl. The van der Waals surface area contributed by atoms with Gasteiger partial charge in [0.1, 0.15) is 5.75 Å². The van der Waals surface area contributed by atoms with Crippen LogP contribution in [0.3, 0.4) is 0 Å². The van der Waals surface area contributed by atoms with E-state index >= 15 is 0 Å². The first-order valence-corrected chi connectivity index (χ1v) is 11.0. The number of nitrogens with zero attached hydrogens (tertiary/aromatic N) is 2. The molecule has 1 unspecified atom stereocenters. The summed E-state index contributed by atoms with van der Waals surface area (Å²) < 4.78 is 5.72. The second-order valence-electron chi connectivity index (χ2n) is 8.07. The molecule has 0 bridgehead atoms. The summed E-state index contributed by atoms with van der Waals surface area (Å²) in [7, 11) is 0. The number of benzene rings is 1. The van der Waals surface area contributed by atoms with Crippen LogP contribution in [0.2, 0.25) is 0 Å². The Labute approximate surface area is 177 Å². The molecule has 1 aromatic rings. The van der Waals surface area contributed by atoms with Crippen LogP contribution in [-0.4, -0.2) is 54.5 Å². The number of amides is 1. The van der Waals surface area contributed by atoms with Crippen molar-refractivity contribution in [3.63, 3.8) is 0 Å². The summed E-state index contributed by atoms with van der Waals surface area (Å²) in [6.07, 6.45) is 11.0. The Kier molecular flexibility index (Phi) is 10.1. The van der Waals surface area contributed by atoms with Crippen molar-refractivity contribution in [1.82, 2.24) is 9.80 Å². The van der Waals surface area contributed by atoms with Crippen LogP contribution in [0.5, 0.6) is 5.75 Å². The van der Waals surface area contributed by atoms with Crippen molar-refractivity contribution in [2.75, 3.05) is 32.8 Å². The lowest BCUT2D eigenvalue weighted by atomic mass is 9.97. The molecule has 0 aliphatic carbocycles. The van der Waals surface area contributed by atoms with Gasteiger partial charge in [0, 0.05) is 24.7 Å². The van der Waals surface area contributed by atoms with Crippen LogP contribution < -0.4 is 4.74 Å². The van der Waals surface area contributed by atoms with Crippen molar-refractivity contribution in [3.05, 3.63) is 29.8 Å². The number of hydrogen-bond donors (Lipinski definition) is 0. The van der Waals surface area contributed by atoms with Gasteiger partial charge < -0.3 is 14.5 Å². The molecule has 1 amide bonds. The van der Waals surface area contributed by atoms with E-state index in [1.54, 1.807) is 0 Å². The maximum absolute atomic E-state index is 13.2. The van der Waals surface area contributed by atoms with Gasteiger partial charge in [-0.05, 0) is 76.2 Å². The molecular formula is C23H37ClN2O2. The highest BCUT2D eigenvalue weighted by atomic mass is 35.5. The van der Waals surface area contributed by atoms with E-state index in [1.165, 1.54) is 45.2 Å². The molecule has 0 N–H and O–H groups in total. The van der Waals surface area contributed by atoms with Gasteiger partial charge in [0.15, 0.2) is 0 Å². The molecule has 0 saturated carbocycles. The minimum absolute atomic E-state index is 0. The molecule has 0 aromatic heterocycles. The number of ether oxygens (including phenoxy) is 1. The summed E-state index contributed by atoms with van der Waals surface area (Å²) in [4.78, 5) is 18.0. The van der Waals surface area contributed by atoms with Gasteiger partial charge in [-0.1, -0.05) is 25.8 Å². The van der Waals surface area contributed by atoms with E-state index in [-0.39, 0.29) is 18.3 Å². The molecule has 5 heteroatoms. The second kappa shape index (κ2) is 12.3. The van der Waals surface area contributed by atoms with E-state index in [9.17, 15) is 4.79 Å². The first-order chi connectivity index (χ1) is 13.3. The predicted octanol–water partition coefficient (Wildman–Crippen LogP) is 5.16. The van der Waals surface area contributed by atoms with E-state index < -0.39 is 0 Å². The summed E-state index contributed by atoms with van der Waals surface area (Å²) in [5.74, 6) is 0.985. The van der Waals surface area contributed by atoms with E-state index in [4.69, 9.17) is 4.74 Å². The molecule has 1 atom stereocenters. The van der Waals surface area contributed by atoms with Crippen molar-refractivity contribution in [2.45, 2.75) is 70.8 Å². The Balaban J connectivity index is 0.00000280. The van der Waals surface area contributed by atoms with E-state index in [1.807, 2.05) is 24.3 Å². The topological polar surface area (TPSA) is 32.8 Å². The summed E-state index contributed by atoms with van der Waals surface area (Å²) in [5, 5.41) is 0. The number of rotatable bonds is 7. The highest BCUT2D eigenvalue weighted by Crippen LogP contribution is 2.24. The number of carbonyl (C=O) groups excluding carboxylic acids is 1. The standard InChI is InChI=1S/C23H36N2O2.ClH/c1-2-18-27-22-12-9-10-20(19-22)23(26)25-16-8-5-11-21(25)13-17-24-14-6-3-4-7-15-24;/h9-10,12,19,21H,2-8,11,13-18H2,1H3;1H. The minimum Gasteiger partial charge on any atom is -0.494 e. The number of likely N-dealkylation sites (tertiary alicyclic amines) is 2.